The second kappa shape index (κ2) is 9.28. The van der Waals surface area contributed by atoms with E-state index in [2.05, 4.69) is 15.1 Å². The molecule has 1 aliphatic carbocycles. The van der Waals surface area contributed by atoms with Gasteiger partial charge in [0, 0.05) is 45.3 Å². The van der Waals surface area contributed by atoms with Gasteiger partial charge in [0.1, 0.15) is 5.82 Å². The predicted molar refractivity (Wildman–Crippen MR) is 102 cm³/mol. The number of hydrogen-bond donors (Lipinski definition) is 1. The van der Waals surface area contributed by atoms with Crippen molar-refractivity contribution in [2.45, 2.75) is 32.4 Å². The fraction of sp³-hybridized carbons (Fsp3) is 0.600. The first kappa shape index (κ1) is 19.8. The van der Waals surface area contributed by atoms with Crippen molar-refractivity contribution >= 4 is 11.8 Å². The second-order valence-corrected chi connectivity index (χ2v) is 7.43. The van der Waals surface area contributed by atoms with Gasteiger partial charge < -0.3 is 10.2 Å². The van der Waals surface area contributed by atoms with E-state index in [1.165, 1.54) is 12.1 Å². The van der Waals surface area contributed by atoms with E-state index in [1.807, 2.05) is 13.0 Å². The third-order valence-corrected chi connectivity index (χ3v) is 5.13. The maximum atomic E-state index is 13.4. The molecule has 0 radical (unpaired) electrons. The Morgan fingerprint density at radius 1 is 1.15 bits per heavy atom. The van der Waals surface area contributed by atoms with Gasteiger partial charge in [-0.2, -0.15) is 0 Å². The number of benzene rings is 1. The molecule has 2 fully saturated rings. The summed E-state index contributed by atoms with van der Waals surface area (Å²) in [5, 5.41) is 3.01. The lowest BCUT2D eigenvalue weighted by atomic mass is 10.2. The number of carbonyl (C=O) groups is 2. The summed E-state index contributed by atoms with van der Waals surface area (Å²) in [4.78, 5) is 30.6. The van der Waals surface area contributed by atoms with Crippen LogP contribution in [-0.4, -0.2) is 78.4 Å². The number of nitrogens with one attached hydrogen (secondary N) is 1. The molecule has 27 heavy (non-hydrogen) atoms. The summed E-state index contributed by atoms with van der Waals surface area (Å²) in [5.41, 5.74) is 0.802. The van der Waals surface area contributed by atoms with Crippen LogP contribution in [0.15, 0.2) is 24.3 Å². The number of piperazine rings is 1. The molecule has 0 bridgehead atoms. The number of amides is 2. The zero-order chi connectivity index (χ0) is 19.2. The average molecular weight is 376 g/mol. The lowest BCUT2D eigenvalue weighted by Crippen LogP contribution is -2.52. The highest BCUT2D eigenvalue weighted by molar-refractivity contribution is 5.79. The Kier molecular flexibility index (Phi) is 6.79. The first-order valence-corrected chi connectivity index (χ1v) is 9.79. The fourth-order valence-corrected chi connectivity index (χ4v) is 3.33. The van der Waals surface area contributed by atoms with E-state index in [-0.39, 0.29) is 17.6 Å². The molecule has 6 nitrogen and oxygen atoms in total. The molecule has 1 saturated carbocycles. The summed E-state index contributed by atoms with van der Waals surface area (Å²) < 4.78 is 13.4. The standard InChI is InChI=1S/C20H29FN4O2/c1-2-25(13-16-4-3-5-17(21)12-16)20(27)15-24-10-8-23(9-11-24)14-19(26)22-18-6-7-18/h3-5,12,18H,2,6-11,13-15H2,1H3,(H,22,26). The van der Waals surface area contributed by atoms with Crippen molar-refractivity contribution in [1.82, 2.24) is 20.0 Å². The van der Waals surface area contributed by atoms with E-state index in [0.29, 0.717) is 32.2 Å². The predicted octanol–water partition coefficient (Wildman–Crippen LogP) is 1.07. The lowest BCUT2D eigenvalue weighted by Gasteiger charge is -2.35. The maximum absolute atomic E-state index is 13.4. The number of likely N-dealkylation sites (N-methyl/N-ethyl adjacent to an activating group) is 1. The Hall–Kier alpha value is -1.99. The van der Waals surface area contributed by atoms with Crippen molar-refractivity contribution in [2.75, 3.05) is 45.8 Å². The van der Waals surface area contributed by atoms with Gasteiger partial charge in [-0.15, -0.1) is 0 Å². The minimum absolute atomic E-state index is 0.0571. The number of nitrogens with zero attached hydrogens (tertiary/aromatic N) is 3. The molecule has 7 heteroatoms. The number of halogens is 1. The van der Waals surface area contributed by atoms with Gasteiger partial charge in [-0.3, -0.25) is 19.4 Å². The molecule has 2 aliphatic rings. The van der Waals surface area contributed by atoms with Gasteiger partial charge in [-0.05, 0) is 37.5 Å². The van der Waals surface area contributed by atoms with Crippen LogP contribution in [0.2, 0.25) is 0 Å². The van der Waals surface area contributed by atoms with Crippen molar-refractivity contribution in [1.29, 1.82) is 0 Å². The minimum atomic E-state index is -0.280. The first-order valence-electron chi connectivity index (χ1n) is 9.79. The van der Waals surface area contributed by atoms with Crippen molar-refractivity contribution in [3.05, 3.63) is 35.6 Å². The lowest BCUT2D eigenvalue weighted by molar-refractivity contribution is -0.133. The summed E-state index contributed by atoms with van der Waals surface area (Å²) >= 11 is 0. The molecular formula is C20H29FN4O2. The molecule has 3 rings (SSSR count). The molecule has 0 unspecified atom stereocenters. The summed E-state index contributed by atoms with van der Waals surface area (Å²) in [6.45, 7) is 6.91. The molecule has 1 aromatic rings. The van der Waals surface area contributed by atoms with Crippen LogP contribution >= 0.6 is 0 Å². The van der Waals surface area contributed by atoms with Crippen LogP contribution in [0.5, 0.6) is 0 Å². The highest BCUT2D eigenvalue weighted by atomic mass is 19.1. The Balaban J connectivity index is 1.41. The van der Waals surface area contributed by atoms with Crippen LogP contribution in [0.4, 0.5) is 4.39 Å². The monoisotopic (exact) mass is 376 g/mol. The Bertz CT molecular complexity index is 657. The van der Waals surface area contributed by atoms with Crippen LogP contribution in [0.1, 0.15) is 25.3 Å². The van der Waals surface area contributed by atoms with Gasteiger partial charge in [0.05, 0.1) is 13.1 Å². The Morgan fingerprint density at radius 2 is 1.81 bits per heavy atom. The highest BCUT2D eigenvalue weighted by Crippen LogP contribution is 2.18. The molecule has 1 aliphatic heterocycles. The summed E-state index contributed by atoms with van der Waals surface area (Å²) in [6.07, 6.45) is 2.20. The van der Waals surface area contributed by atoms with E-state index in [4.69, 9.17) is 0 Å². The summed E-state index contributed by atoms with van der Waals surface area (Å²) in [7, 11) is 0. The van der Waals surface area contributed by atoms with Gasteiger partial charge in [0.15, 0.2) is 0 Å². The molecule has 0 spiro atoms. The zero-order valence-electron chi connectivity index (χ0n) is 16.0. The number of carbonyl (C=O) groups excluding carboxylic acids is 2. The number of hydrogen-bond acceptors (Lipinski definition) is 4. The molecule has 1 heterocycles. The van der Waals surface area contributed by atoms with Crippen molar-refractivity contribution in [2.24, 2.45) is 0 Å². The van der Waals surface area contributed by atoms with E-state index in [1.54, 1.807) is 11.0 Å². The van der Waals surface area contributed by atoms with Crippen LogP contribution in [0.25, 0.3) is 0 Å². The third kappa shape index (κ3) is 6.29. The Labute approximate surface area is 160 Å². The van der Waals surface area contributed by atoms with Crippen molar-refractivity contribution in [3.63, 3.8) is 0 Å². The smallest absolute Gasteiger partial charge is 0.237 e. The molecule has 0 aromatic heterocycles. The quantitative estimate of drug-likeness (QED) is 0.738. The van der Waals surface area contributed by atoms with Gasteiger partial charge >= 0.3 is 0 Å². The molecule has 1 saturated heterocycles. The SMILES string of the molecule is CCN(Cc1cccc(F)c1)C(=O)CN1CCN(CC(=O)NC2CC2)CC1. The topological polar surface area (TPSA) is 55.9 Å². The third-order valence-electron chi connectivity index (χ3n) is 5.13. The number of rotatable bonds is 8. The normalized spacial score (nSPS) is 18.3. The largest absolute Gasteiger partial charge is 0.352 e. The van der Waals surface area contributed by atoms with Crippen molar-refractivity contribution < 1.29 is 14.0 Å². The van der Waals surface area contributed by atoms with E-state index >= 15 is 0 Å². The van der Waals surface area contributed by atoms with Gasteiger partial charge in [0.2, 0.25) is 11.8 Å². The molecule has 148 valence electrons. The van der Waals surface area contributed by atoms with Crippen LogP contribution in [0, 0.1) is 5.82 Å². The van der Waals surface area contributed by atoms with Gasteiger partial charge in [-0.25, -0.2) is 4.39 Å². The first-order chi connectivity index (χ1) is 13.0. The molecule has 1 aromatic carbocycles. The fourth-order valence-electron chi connectivity index (χ4n) is 3.33. The van der Waals surface area contributed by atoms with Crippen LogP contribution in [-0.2, 0) is 16.1 Å². The van der Waals surface area contributed by atoms with Crippen LogP contribution in [0.3, 0.4) is 0 Å². The van der Waals surface area contributed by atoms with Gasteiger partial charge in [0.25, 0.3) is 0 Å². The van der Waals surface area contributed by atoms with Crippen LogP contribution < -0.4 is 5.32 Å². The van der Waals surface area contributed by atoms with Gasteiger partial charge in [-0.1, -0.05) is 12.1 Å². The summed E-state index contributed by atoms with van der Waals surface area (Å²) in [6, 6.07) is 6.79. The van der Waals surface area contributed by atoms with E-state index in [9.17, 15) is 14.0 Å². The maximum Gasteiger partial charge on any atom is 0.237 e. The van der Waals surface area contributed by atoms with Crippen molar-refractivity contribution in [3.8, 4) is 0 Å². The Morgan fingerprint density at radius 3 is 2.41 bits per heavy atom. The molecule has 1 N–H and O–H groups in total. The minimum Gasteiger partial charge on any atom is -0.352 e. The molecule has 0 atom stereocenters. The average Bonchev–Trinajstić information content (AvgIpc) is 3.45. The van der Waals surface area contributed by atoms with E-state index in [0.717, 1.165) is 44.6 Å². The molecule has 2 amide bonds. The zero-order valence-corrected chi connectivity index (χ0v) is 16.0. The second-order valence-electron chi connectivity index (χ2n) is 7.43. The highest BCUT2D eigenvalue weighted by Gasteiger charge is 2.26. The van der Waals surface area contributed by atoms with E-state index < -0.39 is 0 Å². The molecular weight excluding hydrogens is 347 g/mol. The summed E-state index contributed by atoms with van der Waals surface area (Å²) in [5.74, 6) is -0.117.